The van der Waals surface area contributed by atoms with Gasteiger partial charge in [-0.05, 0) is 6.07 Å². The first-order valence-corrected chi connectivity index (χ1v) is 4.07. The van der Waals surface area contributed by atoms with Crippen LogP contribution in [0.25, 0.3) is 0 Å². The lowest BCUT2D eigenvalue weighted by Crippen LogP contribution is -2.21. The van der Waals surface area contributed by atoms with Gasteiger partial charge in [0.25, 0.3) is 5.56 Å². The number of aromatic nitrogens is 2. The second-order valence-corrected chi connectivity index (χ2v) is 2.63. The van der Waals surface area contributed by atoms with Crippen molar-refractivity contribution < 1.29 is 4.79 Å². The van der Waals surface area contributed by atoms with Gasteiger partial charge in [0.15, 0.2) is 5.82 Å². The van der Waals surface area contributed by atoms with E-state index in [1.54, 1.807) is 0 Å². The minimum atomic E-state index is -0.354. The fourth-order valence-electron chi connectivity index (χ4n) is 0.745. The maximum absolute atomic E-state index is 10.9. The molecular formula is C7H8ClN3O2. The Hall–Kier alpha value is -1.36. The molecule has 0 aromatic carbocycles. The normalized spacial score (nSPS) is 9.69. The summed E-state index contributed by atoms with van der Waals surface area (Å²) in [6.07, 6.45) is 0. The van der Waals surface area contributed by atoms with Crippen molar-refractivity contribution in [3.05, 3.63) is 22.5 Å². The molecule has 0 fully saturated rings. The van der Waals surface area contributed by atoms with E-state index in [9.17, 15) is 9.59 Å². The van der Waals surface area contributed by atoms with Crippen LogP contribution < -0.4 is 10.9 Å². The Balaban J connectivity index is 2.86. The van der Waals surface area contributed by atoms with Crippen LogP contribution in [0.4, 0.5) is 5.82 Å². The van der Waals surface area contributed by atoms with Crippen LogP contribution >= 0.6 is 11.6 Å². The fraction of sp³-hybridized carbons (Fsp3) is 0.286. The van der Waals surface area contributed by atoms with Gasteiger partial charge < -0.3 is 5.32 Å². The monoisotopic (exact) mass is 201 g/mol. The molecule has 70 valence electrons. The average molecular weight is 202 g/mol. The number of nitrogens with zero attached hydrogens (tertiary/aromatic N) is 2. The van der Waals surface area contributed by atoms with E-state index in [2.05, 4.69) is 10.4 Å². The molecule has 6 heteroatoms. The SMILES string of the molecule is Cn1nc(NC(=O)CCl)ccc1=O. The molecule has 5 nitrogen and oxygen atoms in total. The summed E-state index contributed by atoms with van der Waals surface area (Å²) in [5, 5.41) is 6.19. The molecule has 0 radical (unpaired) electrons. The Kier molecular flexibility index (Phi) is 3.02. The first-order valence-electron chi connectivity index (χ1n) is 3.53. The summed E-state index contributed by atoms with van der Waals surface area (Å²) in [4.78, 5) is 21.7. The van der Waals surface area contributed by atoms with Gasteiger partial charge in [-0.25, -0.2) is 4.68 Å². The number of rotatable bonds is 2. The van der Waals surface area contributed by atoms with E-state index in [1.165, 1.54) is 19.2 Å². The Morgan fingerprint density at radius 3 is 2.92 bits per heavy atom. The number of carbonyl (C=O) groups is 1. The first kappa shape index (κ1) is 9.73. The summed E-state index contributed by atoms with van der Waals surface area (Å²) in [6, 6.07) is 2.74. The lowest BCUT2D eigenvalue weighted by molar-refractivity contribution is -0.113. The molecule has 0 spiro atoms. The van der Waals surface area contributed by atoms with Crippen LogP contribution in [0.2, 0.25) is 0 Å². The Bertz CT molecular complexity index is 374. The summed E-state index contributed by atoms with van der Waals surface area (Å²) < 4.78 is 1.13. The zero-order valence-corrected chi connectivity index (χ0v) is 7.71. The third-order valence-corrected chi connectivity index (χ3v) is 1.59. The highest BCUT2D eigenvalue weighted by molar-refractivity contribution is 6.28. The summed E-state index contributed by atoms with van der Waals surface area (Å²) in [7, 11) is 1.50. The zero-order chi connectivity index (χ0) is 9.84. The Labute approximate surface area is 79.3 Å². The lowest BCUT2D eigenvalue weighted by atomic mass is 10.5. The number of alkyl halides is 1. The molecule has 0 atom stereocenters. The highest BCUT2D eigenvalue weighted by atomic mass is 35.5. The van der Waals surface area contributed by atoms with E-state index >= 15 is 0 Å². The fourth-order valence-corrected chi connectivity index (χ4v) is 0.812. The second-order valence-electron chi connectivity index (χ2n) is 2.36. The molecule has 13 heavy (non-hydrogen) atoms. The number of hydrogen-bond acceptors (Lipinski definition) is 3. The molecule has 1 heterocycles. The van der Waals surface area contributed by atoms with Gasteiger partial charge in [-0.15, -0.1) is 11.6 Å². The van der Waals surface area contributed by atoms with Gasteiger partial charge in [0, 0.05) is 13.1 Å². The molecule has 1 amide bonds. The molecule has 0 aliphatic carbocycles. The minimum Gasteiger partial charge on any atom is -0.308 e. The standard InChI is InChI=1S/C7H8ClN3O2/c1-11-7(13)3-2-5(10-11)9-6(12)4-8/h2-3H,4H2,1H3,(H,9,10,12). The van der Waals surface area contributed by atoms with E-state index in [4.69, 9.17) is 11.6 Å². The summed E-state index contributed by atoms with van der Waals surface area (Å²) in [5.74, 6) is -0.176. The maximum Gasteiger partial charge on any atom is 0.266 e. The lowest BCUT2D eigenvalue weighted by Gasteiger charge is -2.02. The topological polar surface area (TPSA) is 64.0 Å². The summed E-state index contributed by atoms with van der Waals surface area (Å²) in [5.41, 5.74) is -0.233. The molecule has 0 saturated carbocycles. The third kappa shape index (κ3) is 2.55. The second kappa shape index (κ2) is 4.04. The van der Waals surface area contributed by atoms with Crippen molar-refractivity contribution in [2.45, 2.75) is 0 Å². The predicted molar refractivity (Wildman–Crippen MR) is 48.8 cm³/mol. The highest BCUT2D eigenvalue weighted by Gasteiger charge is 2.01. The van der Waals surface area contributed by atoms with E-state index < -0.39 is 0 Å². The Morgan fingerprint density at radius 2 is 2.38 bits per heavy atom. The van der Waals surface area contributed by atoms with Crippen LogP contribution in [0.5, 0.6) is 0 Å². The minimum absolute atomic E-state index is 0.134. The number of aryl methyl sites for hydroxylation is 1. The molecule has 1 N–H and O–H groups in total. The van der Waals surface area contributed by atoms with Crippen molar-refractivity contribution in [3.63, 3.8) is 0 Å². The highest BCUT2D eigenvalue weighted by Crippen LogP contribution is 1.96. The molecule has 0 unspecified atom stereocenters. The van der Waals surface area contributed by atoms with Gasteiger partial charge in [-0.2, -0.15) is 5.10 Å². The summed E-state index contributed by atoms with van der Waals surface area (Å²) >= 11 is 5.26. The van der Waals surface area contributed by atoms with Crippen molar-refractivity contribution in [3.8, 4) is 0 Å². The molecule has 1 aromatic heterocycles. The van der Waals surface area contributed by atoms with Crippen LogP contribution in [0.15, 0.2) is 16.9 Å². The molecule has 1 aromatic rings. The van der Waals surface area contributed by atoms with Crippen molar-refractivity contribution in [2.75, 3.05) is 11.2 Å². The number of anilines is 1. The van der Waals surface area contributed by atoms with Gasteiger partial charge in [-0.1, -0.05) is 0 Å². The summed E-state index contributed by atoms with van der Waals surface area (Å²) in [6.45, 7) is 0. The zero-order valence-electron chi connectivity index (χ0n) is 6.95. The number of amides is 1. The van der Waals surface area contributed by atoms with Crippen LogP contribution in [0.1, 0.15) is 0 Å². The average Bonchev–Trinajstić information content (AvgIpc) is 2.11. The maximum atomic E-state index is 10.9. The quantitative estimate of drug-likeness (QED) is 0.683. The van der Waals surface area contributed by atoms with E-state index in [1.807, 2.05) is 0 Å². The molecule has 0 bridgehead atoms. The van der Waals surface area contributed by atoms with Gasteiger partial charge >= 0.3 is 0 Å². The third-order valence-electron chi connectivity index (χ3n) is 1.35. The largest absolute Gasteiger partial charge is 0.308 e. The number of nitrogens with one attached hydrogen (secondary N) is 1. The van der Waals surface area contributed by atoms with Crippen molar-refractivity contribution in [1.29, 1.82) is 0 Å². The van der Waals surface area contributed by atoms with E-state index in [0.717, 1.165) is 4.68 Å². The van der Waals surface area contributed by atoms with Gasteiger partial charge in [0.05, 0.1) is 0 Å². The predicted octanol–water partition coefficient (Wildman–Crippen LogP) is -0.0424. The van der Waals surface area contributed by atoms with Crippen LogP contribution in [-0.2, 0) is 11.8 Å². The number of hydrogen-bond donors (Lipinski definition) is 1. The van der Waals surface area contributed by atoms with E-state index in [-0.39, 0.29) is 17.3 Å². The molecule has 0 aliphatic rings. The van der Waals surface area contributed by atoms with Crippen LogP contribution in [0.3, 0.4) is 0 Å². The van der Waals surface area contributed by atoms with Crippen molar-refractivity contribution in [2.24, 2.45) is 7.05 Å². The van der Waals surface area contributed by atoms with Crippen LogP contribution in [-0.4, -0.2) is 21.6 Å². The molecular weight excluding hydrogens is 194 g/mol. The molecule has 0 aliphatic heterocycles. The first-order chi connectivity index (χ1) is 6.13. The van der Waals surface area contributed by atoms with Gasteiger partial charge in [0.2, 0.25) is 5.91 Å². The van der Waals surface area contributed by atoms with Crippen molar-refractivity contribution >= 4 is 23.3 Å². The Morgan fingerprint density at radius 1 is 1.69 bits per heavy atom. The molecule has 1 rings (SSSR count). The number of carbonyl (C=O) groups excluding carboxylic acids is 1. The van der Waals surface area contributed by atoms with Crippen molar-refractivity contribution in [1.82, 2.24) is 9.78 Å². The smallest absolute Gasteiger partial charge is 0.266 e. The number of halogens is 1. The van der Waals surface area contributed by atoms with E-state index in [0.29, 0.717) is 5.82 Å². The van der Waals surface area contributed by atoms with Gasteiger partial charge in [-0.3, -0.25) is 9.59 Å². The van der Waals surface area contributed by atoms with Crippen LogP contribution in [0, 0.1) is 0 Å². The molecule has 0 saturated heterocycles. The van der Waals surface area contributed by atoms with Gasteiger partial charge in [0.1, 0.15) is 5.88 Å².